The number of carbonyl (C=O) groups excluding carboxylic acids is 1. The van der Waals surface area contributed by atoms with Crippen LogP contribution in [0.5, 0.6) is 0 Å². The van der Waals surface area contributed by atoms with Gasteiger partial charge in [-0.25, -0.2) is 0 Å². The first kappa shape index (κ1) is 12.4. The van der Waals surface area contributed by atoms with Gasteiger partial charge < -0.3 is 9.47 Å². The Morgan fingerprint density at radius 1 is 1.47 bits per heavy atom. The summed E-state index contributed by atoms with van der Waals surface area (Å²) in [6, 6.07) is 0. The van der Waals surface area contributed by atoms with E-state index in [0.717, 1.165) is 5.01 Å². The zero-order valence-corrected chi connectivity index (χ0v) is 10.6. The van der Waals surface area contributed by atoms with Crippen LogP contribution in [-0.4, -0.2) is 42.0 Å². The van der Waals surface area contributed by atoms with Crippen molar-refractivity contribution in [2.24, 2.45) is 0 Å². The highest BCUT2D eigenvalue weighted by molar-refractivity contribution is 7.15. The van der Waals surface area contributed by atoms with E-state index in [9.17, 15) is 4.79 Å². The topological polar surface area (TPSA) is 73.3 Å². The SMILES string of the molecule is CC(C)c1nnc(NC(=O)C2COCCO2)s1. The molecule has 94 valence electrons. The summed E-state index contributed by atoms with van der Waals surface area (Å²) in [6.45, 7) is 5.35. The highest BCUT2D eigenvalue weighted by Gasteiger charge is 2.23. The van der Waals surface area contributed by atoms with Crippen LogP contribution in [0.25, 0.3) is 0 Å². The summed E-state index contributed by atoms with van der Waals surface area (Å²) in [5.41, 5.74) is 0. The Hall–Kier alpha value is -1.05. The molecule has 1 aliphatic heterocycles. The molecular formula is C10H15N3O3S. The highest BCUT2D eigenvalue weighted by Crippen LogP contribution is 2.22. The molecule has 0 saturated carbocycles. The van der Waals surface area contributed by atoms with Gasteiger partial charge in [0.25, 0.3) is 5.91 Å². The Bertz CT molecular complexity index is 388. The van der Waals surface area contributed by atoms with E-state index in [1.807, 2.05) is 13.8 Å². The second-order valence-electron chi connectivity index (χ2n) is 4.02. The van der Waals surface area contributed by atoms with Crippen molar-refractivity contribution < 1.29 is 14.3 Å². The molecular weight excluding hydrogens is 242 g/mol. The number of anilines is 1. The Balaban J connectivity index is 1.92. The minimum atomic E-state index is -0.546. The lowest BCUT2D eigenvalue weighted by Crippen LogP contribution is -2.39. The molecule has 2 rings (SSSR count). The predicted octanol–water partition coefficient (Wildman–Crippen LogP) is 1.02. The number of nitrogens with one attached hydrogen (secondary N) is 1. The van der Waals surface area contributed by atoms with E-state index in [2.05, 4.69) is 15.5 Å². The lowest BCUT2D eigenvalue weighted by molar-refractivity contribution is -0.142. The molecule has 0 aromatic carbocycles. The van der Waals surface area contributed by atoms with Crippen LogP contribution in [0.15, 0.2) is 0 Å². The van der Waals surface area contributed by atoms with Crippen LogP contribution in [0, 0.1) is 0 Å². The molecule has 6 nitrogen and oxygen atoms in total. The maximum Gasteiger partial charge on any atom is 0.257 e. The van der Waals surface area contributed by atoms with E-state index >= 15 is 0 Å². The number of nitrogens with zero attached hydrogens (tertiary/aromatic N) is 2. The molecule has 7 heteroatoms. The Morgan fingerprint density at radius 3 is 2.88 bits per heavy atom. The van der Waals surface area contributed by atoms with Crippen molar-refractivity contribution in [2.45, 2.75) is 25.9 Å². The van der Waals surface area contributed by atoms with Crippen LogP contribution in [0.4, 0.5) is 5.13 Å². The van der Waals surface area contributed by atoms with E-state index in [1.54, 1.807) is 0 Å². The van der Waals surface area contributed by atoms with E-state index < -0.39 is 6.10 Å². The van der Waals surface area contributed by atoms with Crippen molar-refractivity contribution in [3.05, 3.63) is 5.01 Å². The van der Waals surface area contributed by atoms with Crippen molar-refractivity contribution in [3.63, 3.8) is 0 Å². The van der Waals surface area contributed by atoms with E-state index in [-0.39, 0.29) is 5.91 Å². The Morgan fingerprint density at radius 2 is 2.29 bits per heavy atom. The average Bonchev–Trinajstić information content (AvgIpc) is 2.79. The van der Waals surface area contributed by atoms with Gasteiger partial charge in [0.1, 0.15) is 5.01 Å². The summed E-state index contributed by atoms with van der Waals surface area (Å²) >= 11 is 1.38. The third-order valence-corrected chi connectivity index (χ3v) is 3.41. The minimum Gasteiger partial charge on any atom is -0.376 e. The van der Waals surface area contributed by atoms with Crippen LogP contribution in [0.3, 0.4) is 0 Å². The van der Waals surface area contributed by atoms with Gasteiger partial charge in [0.2, 0.25) is 5.13 Å². The van der Waals surface area contributed by atoms with Crippen LogP contribution < -0.4 is 5.32 Å². The van der Waals surface area contributed by atoms with Gasteiger partial charge in [-0.15, -0.1) is 10.2 Å². The molecule has 1 unspecified atom stereocenters. The fourth-order valence-corrected chi connectivity index (χ4v) is 2.09. The first-order chi connectivity index (χ1) is 8.16. The van der Waals surface area contributed by atoms with Crippen LogP contribution in [0.1, 0.15) is 24.8 Å². The van der Waals surface area contributed by atoms with E-state index in [1.165, 1.54) is 11.3 Å². The highest BCUT2D eigenvalue weighted by atomic mass is 32.1. The quantitative estimate of drug-likeness (QED) is 0.875. The zero-order chi connectivity index (χ0) is 12.3. The summed E-state index contributed by atoms with van der Waals surface area (Å²) < 4.78 is 10.5. The maximum atomic E-state index is 11.8. The van der Waals surface area contributed by atoms with Crippen LogP contribution in [0.2, 0.25) is 0 Å². The zero-order valence-electron chi connectivity index (χ0n) is 9.80. The molecule has 1 aliphatic rings. The summed E-state index contributed by atoms with van der Waals surface area (Å²) in [5.74, 6) is 0.0866. The standard InChI is InChI=1S/C10H15N3O3S/c1-6(2)9-12-13-10(17-9)11-8(14)7-5-15-3-4-16-7/h6-7H,3-5H2,1-2H3,(H,11,13,14). The van der Waals surface area contributed by atoms with Gasteiger partial charge in [0.05, 0.1) is 19.8 Å². The van der Waals surface area contributed by atoms with Gasteiger partial charge in [-0.05, 0) is 0 Å². The fourth-order valence-electron chi connectivity index (χ4n) is 1.34. The van der Waals surface area contributed by atoms with Crippen LogP contribution in [-0.2, 0) is 14.3 Å². The van der Waals surface area contributed by atoms with Gasteiger partial charge >= 0.3 is 0 Å². The second-order valence-corrected chi connectivity index (χ2v) is 5.03. The molecule has 0 bridgehead atoms. The van der Waals surface area contributed by atoms with E-state index in [4.69, 9.17) is 9.47 Å². The number of amides is 1. The third-order valence-electron chi connectivity index (χ3n) is 2.27. The van der Waals surface area contributed by atoms with Crippen molar-refractivity contribution >= 4 is 22.4 Å². The van der Waals surface area contributed by atoms with Crippen molar-refractivity contribution in [1.29, 1.82) is 0 Å². The normalized spacial score (nSPS) is 20.5. The molecule has 0 spiro atoms. The molecule has 1 amide bonds. The summed E-state index contributed by atoms with van der Waals surface area (Å²) in [5, 5.41) is 12.0. The molecule has 0 radical (unpaired) electrons. The number of carbonyl (C=O) groups is 1. The van der Waals surface area contributed by atoms with Crippen molar-refractivity contribution in [1.82, 2.24) is 10.2 Å². The molecule has 1 aromatic rings. The Labute approximate surface area is 103 Å². The Kier molecular flexibility index (Phi) is 4.03. The lowest BCUT2D eigenvalue weighted by Gasteiger charge is -2.21. The average molecular weight is 257 g/mol. The number of hydrogen-bond donors (Lipinski definition) is 1. The fraction of sp³-hybridized carbons (Fsp3) is 0.700. The maximum absolute atomic E-state index is 11.8. The number of ether oxygens (including phenoxy) is 2. The summed E-state index contributed by atoms with van der Waals surface area (Å²) in [6.07, 6.45) is -0.546. The predicted molar refractivity (Wildman–Crippen MR) is 63.2 cm³/mol. The first-order valence-electron chi connectivity index (χ1n) is 5.50. The largest absolute Gasteiger partial charge is 0.376 e. The second kappa shape index (κ2) is 5.52. The van der Waals surface area contributed by atoms with Gasteiger partial charge in [0.15, 0.2) is 6.10 Å². The molecule has 1 saturated heterocycles. The number of hydrogen-bond acceptors (Lipinski definition) is 6. The number of rotatable bonds is 3. The van der Waals surface area contributed by atoms with Gasteiger partial charge in [-0.3, -0.25) is 10.1 Å². The monoisotopic (exact) mass is 257 g/mol. The molecule has 17 heavy (non-hydrogen) atoms. The van der Waals surface area contributed by atoms with Gasteiger partial charge in [-0.1, -0.05) is 25.2 Å². The molecule has 1 N–H and O–H groups in total. The molecule has 1 aromatic heterocycles. The summed E-state index contributed by atoms with van der Waals surface area (Å²) in [7, 11) is 0. The minimum absolute atomic E-state index is 0.226. The number of aromatic nitrogens is 2. The summed E-state index contributed by atoms with van der Waals surface area (Å²) in [4.78, 5) is 11.8. The van der Waals surface area contributed by atoms with E-state index in [0.29, 0.717) is 30.9 Å². The van der Waals surface area contributed by atoms with Crippen LogP contribution >= 0.6 is 11.3 Å². The van der Waals surface area contributed by atoms with Crippen molar-refractivity contribution in [3.8, 4) is 0 Å². The smallest absolute Gasteiger partial charge is 0.257 e. The lowest BCUT2D eigenvalue weighted by atomic mass is 10.2. The molecule has 1 atom stereocenters. The van der Waals surface area contributed by atoms with Crippen molar-refractivity contribution in [2.75, 3.05) is 25.1 Å². The molecule has 1 fully saturated rings. The van der Waals surface area contributed by atoms with Gasteiger partial charge in [0, 0.05) is 5.92 Å². The molecule has 0 aliphatic carbocycles. The molecule has 2 heterocycles. The first-order valence-corrected chi connectivity index (χ1v) is 6.32. The third kappa shape index (κ3) is 3.21. The van der Waals surface area contributed by atoms with Gasteiger partial charge in [-0.2, -0.15) is 0 Å².